The standard InChI is InChI=1S/C10H9Br2FO2/c1-15-9-3-2-6(13)4-7(9)10(14)8(12)5-11/h2-4,8H,5H2,1H3. The van der Waals surface area contributed by atoms with Crippen molar-refractivity contribution in [2.45, 2.75) is 4.83 Å². The molecule has 0 aromatic heterocycles. The van der Waals surface area contributed by atoms with E-state index >= 15 is 0 Å². The van der Waals surface area contributed by atoms with E-state index in [-0.39, 0.29) is 16.2 Å². The molecule has 1 aromatic carbocycles. The molecule has 15 heavy (non-hydrogen) atoms. The molecule has 5 heteroatoms. The van der Waals surface area contributed by atoms with Crippen molar-refractivity contribution in [3.8, 4) is 5.75 Å². The summed E-state index contributed by atoms with van der Waals surface area (Å²) >= 11 is 6.37. The number of Topliss-reactive ketones (excluding diaryl/α,β-unsaturated/α-hetero) is 1. The van der Waals surface area contributed by atoms with Crippen molar-refractivity contribution < 1.29 is 13.9 Å². The van der Waals surface area contributed by atoms with E-state index in [1.54, 1.807) is 0 Å². The Kier molecular flexibility index (Phi) is 4.73. The van der Waals surface area contributed by atoms with E-state index in [4.69, 9.17) is 4.74 Å². The second-order valence-electron chi connectivity index (χ2n) is 2.83. The maximum absolute atomic E-state index is 13.0. The van der Waals surface area contributed by atoms with Crippen molar-refractivity contribution >= 4 is 37.6 Å². The van der Waals surface area contributed by atoms with Crippen LogP contribution >= 0.6 is 31.9 Å². The first-order chi connectivity index (χ1) is 7.10. The summed E-state index contributed by atoms with van der Waals surface area (Å²) < 4.78 is 18.0. The molecule has 0 saturated carbocycles. The summed E-state index contributed by atoms with van der Waals surface area (Å²) in [7, 11) is 1.45. The average Bonchev–Trinajstić information content (AvgIpc) is 2.27. The molecule has 0 radical (unpaired) electrons. The van der Waals surface area contributed by atoms with Gasteiger partial charge in [0.2, 0.25) is 0 Å². The molecule has 0 fully saturated rings. The monoisotopic (exact) mass is 338 g/mol. The van der Waals surface area contributed by atoms with E-state index in [0.717, 1.165) is 0 Å². The Hall–Kier alpha value is -0.420. The van der Waals surface area contributed by atoms with Gasteiger partial charge in [-0.1, -0.05) is 31.9 Å². The molecule has 1 rings (SSSR count). The quantitative estimate of drug-likeness (QED) is 0.622. The second-order valence-corrected chi connectivity index (χ2v) is 4.58. The van der Waals surface area contributed by atoms with E-state index in [9.17, 15) is 9.18 Å². The third kappa shape index (κ3) is 3.01. The Balaban J connectivity index is 3.11. The zero-order valence-electron chi connectivity index (χ0n) is 7.97. The number of hydrogen-bond donors (Lipinski definition) is 0. The van der Waals surface area contributed by atoms with Gasteiger partial charge in [-0.05, 0) is 18.2 Å². The molecule has 2 nitrogen and oxygen atoms in total. The van der Waals surface area contributed by atoms with Crippen LogP contribution < -0.4 is 4.74 Å². The summed E-state index contributed by atoms with van der Waals surface area (Å²) in [5.74, 6) is -0.275. The number of ketones is 1. The van der Waals surface area contributed by atoms with Crippen LogP contribution in [0.3, 0.4) is 0 Å². The molecule has 0 aliphatic heterocycles. The van der Waals surface area contributed by atoms with Crippen molar-refractivity contribution in [3.05, 3.63) is 29.6 Å². The fraction of sp³-hybridized carbons (Fsp3) is 0.300. The first kappa shape index (κ1) is 12.6. The van der Waals surface area contributed by atoms with Gasteiger partial charge in [-0.15, -0.1) is 0 Å². The SMILES string of the molecule is COc1ccc(F)cc1C(=O)C(Br)CBr. The lowest BCUT2D eigenvalue weighted by Gasteiger charge is -2.09. The first-order valence-electron chi connectivity index (χ1n) is 4.18. The third-order valence-corrected chi connectivity index (χ3v) is 4.10. The van der Waals surface area contributed by atoms with Crippen LogP contribution in [0, 0.1) is 5.82 Å². The number of ether oxygens (including phenoxy) is 1. The molecular weight excluding hydrogens is 331 g/mol. The first-order valence-corrected chi connectivity index (χ1v) is 6.21. The summed E-state index contributed by atoms with van der Waals surface area (Å²) in [6.07, 6.45) is 0. The van der Waals surface area contributed by atoms with E-state index < -0.39 is 5.82 Å². The summed E-state index contributed by atoms with van der Waals surface area (Å²) in [5.41, 5.74) is 0.249. The molecule has 0 aliphatic rings. The Labute approximate surface area is 104 Å². The molecule has 0 N–H and O–H groups in total. The summed E-state index contributed by atoms with van der Waals surface area (Å²) in [4.78, 5) is 11.4. The van der Waals surface area contributed by atoms with Gasteiger partial charge in [-0.25, -0.2) is 4.39 Å². The van der Waals surface area contributed by atoms with Crippen LogP contribution in [0.25, 0.3) is 0 Å². The summed E-state index contributed by atoms with van der Waals surface area (Å²) in [6, 6.07) is 3.88. The number of benzene rings is 1. The fourth-order valence-corrected chi connectivity index (χ4v) is 1.65. The zero-order valence-corrected chi connectivity index (χ0v) is 11.1. The highest BCUT2D eigenvalue weighted by molar-refractivity contribution is 9.12. The largest absolute Gasteiger partial charge is 0.496 e. The molecule has 1 aromatic rings. The van der Waals surface area contributed by atoms with Crippen molar-refractivity contribution in [3.63, 3.8) is 0 Å². The number of methoxy groups -OCH3 is 1. The second kappa shape index (κ2) is 5.61. The van der Waals surface area contributed by atoms with Gasteiger partial charge in [-0.2, -0.15) is 0 Å². The maximum atomic E-state index is 13.0. The van der Waals surface area contributed by atoms with Gasteiger partial charge in [-0.3, -0.25) is 4.79 Å². The summed E-state index contributed by atoms with van der Waals surface area (Å²) in [5, 5.41) is 0.464. The van der Waals surface area contributed by atoms with Crippen LogP contribution in [-0.2, 0) is 0 Å². The third-order valence-electron chi connectivity index (χ3n) is 1.85. The average molecular weight is 340 g/mol. The van der Waals surface area contributed by atoms with Crippen LogP contribution in [-0.4, -0.2) is 23.1 Å². The number of rotatable bonds is 4. The molecule has 0 amide bonds. The Morgan fingerprint density at radius 1 is 1.60 bits per heavy atom. The van der Waals surface area contributed by atoms with Crippen LogP contribution in [0.2, 0.25) is 0 Å². The number of hydrogen-bond acceptors (Lipinski definition) is 2. The molecule has 0 aliphatic carbocycles. The normalized spacial score (nSPS) is 12.3. The molecule has 0 spiro atoms. The number of carbonyl (C=O) groups excluding carboxylic acids is 1. The molecular formula is C10H9Br2FO2. The van der Waals surface area contributed by atoms with Crippen LogP contribution in [0.4, 0.5) is 4.39 Å². The van der Waals surface area contributed by atoms with Gasteiger partial charge < -0.3 is 4.74 Å². The van der Waals surface area contributed by atoms with Crippen molar-refractivity contribution in [1.29, 1.82) is 0 Å². The highest BCUT2D eigenvalue weighted by Crippen LogP contribution is 2.23. The Morgan fingerprint density at radius 3 is 2.80 bits per heavy atom. The summed E-state index contributed by atoms with van der Waals surface area (Å²) in [6.45, 7) is 0. The van der Waals surface area contributed by atoms with Crippen LogP contribution in [0.15, 0.2) is 18.2 Å². The number of alkyl halides is 2. The van der Waals surface area contributed by atoms with Gasteiger partial charge in [0, 0.05) is 5.33 Å². The van der Waals surface area contributed by atoms with E-state index in [2.05, 4.69) is 31.9 Å². The van der Waals surface area contributed by atoms with E-state index in [1.807, 2.05) is 0 Å². The zero-order chi connectivity index (χ0) is 11.4. The minimum Gasteiger partial charge on any atom is -0.496 e. The fourth-order valence-electron chi connectivity index (χ4n) is 1.11. The van der Waals surface area contributed by atoms with Crippen LogP contribution in [0.5, 0.6) is 5.75 Å². The molecule has 0 heterocycles. The van der Waals surface area contributed by atoms with Gasteiger partial charge >= 0.3 is 0 Å². The van der Waals surface area contributed by atoms with Gasteiger partial charge in [0.15, 0.2) is 5.78 Å². The smallest absolute Gasteiger partial charge is 0.181 e. The van der Waals surface area contributed by atoms with Crippen molar-refractivity contribution in [2.75, 3.05) is 12.4 Å². The van der Waals surface area contributed by atoms with Crippen LogP contribution in [0.1, 0.15) is 10.4 Å². The Morgan fingerprint density at radius 2 is 2.27 bits per heavy atom. The molecule has 1 atom stereocenters. The lowest BCUT2D eigenvalue weighted by molar-refractivity contribution is 0.0994. The number of halogens is 3. The molecule has 0 saturated heterocycles. The lowest BCUT2D eigenvalue weighted by Crippen LogP contribution is -2.16. The molecule has 1 unspecified atom stereocenters. The molecule has 82 valence electrons. The van der Waals surface area contributed by atoms with Gasteiger partial charge in [0.25, 0.3) is 0 Å². The predicted octanol–water partition coefficient (Wildman–Crippen LogP) is 3.18. The Bertz CT molecular complexity index is 368. The van der Waals surface area contributed by atoms with E-state index in [0.29, 0.717) is 11.1 Å². The lowest BCUT2D eigenvalue weighted by atomic mass is 10.1. The number of carbonyl (C=O) groups is 1. The minimum absolute atomic E-state index is 0.205. The van der Waals surface area contributed by atoms with Crippen molar-refractivity contribution in [2.24, 2.45) is 0 Å². The van der Waals surface area contributed by atoms with Gasteiger partial charge in [0.1, 0.15) is 11.6 Å². The van der Waals surface area contributed by atoms with E-state index in [1.165, 1.54) is 25.3 Å². The van der Waals surface area contributed by atoms with Crippen molar-refractivity contribution in [1.82, 2.24) is 0 Å². The highest BCUT2D eigenvalue weighted by Gasteiger charge is 2.20. The van der Waals surface area contributed by atoms with Gasteiger partial charge in [0.05, 0.1) is 17.5 Å². The highest BCUT2D eigenvalue weighted by atomic mass is 79.9. The predicted molar refractivity (Wildman–Crippen MR) is 63.8 cm³/mol. The topological polar surface area (TPSA) is 26.3 Å². The maximum Gasteiger partial charge on any atom is 0.181 e. The minimum atomic E-state index is -0.451. The molecule has 0 bridgehead atoms.